The molecule has 1 aliphatic carbocycles. The first kappa shape index (κ1) is 33.1. The monoisotopic (exact) mass is 629 g/mol. The van der Waals surface area contributed by atoms with Crippen molar-refractivity contribution in [3.05, 3.63) is 63.6 Å². The van der Waals surface area contributed by atoms with Crippen molar-refractivity contribution in [3.8, 4) is 0 Å². The maximum atomic E-state index is 13.9. The molecular formula is C34H45Cl2N3O4. The summed E-state index contributed by atoms with van der Waals surface area (Å²) in [5.41, 5.74) is 1.41. The van der Waals surface area contributed by atoms with Crippen LogP contribution in [0.4, 0.5) is 10.5 Å². The molecule has 0 spiro atoms. The van der Waals surface area contributed by atoms with Crippen LogP contribution < -0.4 is 10.2 Å². The number of aryl methyl sites for hydroxylation is 1. The molecule has 43 heavy (non-hydrogen) atoms. The van der Waals surface area contributed by atoms with Gasteiger partial charge in [0.2, 0.25) is 5.91 Å². The van der Waals surface area contributed by atoms with E-state index in [0.29, 0.717) is 21.3 Å². The molecule has 7 nitrogen and oxygen atoms in total. The van der Waals surface area contributed by atoms with Gasteiger partial charge in [-0.25, -0.2) is 4.79 Å². The first-order chi connectivity index (χ1) is 20.6. The molecule has 2 aromatic rings. The Morgan fingerprint density at radius 1 is 0.884 bits per heavy atom. The Balaban J connectivity index is 1.59. The van der Waals surface area contributed by atoms with Crippen LogP contribution in [0.15, 0.2) is 42.5 Å². The number of rotatable bonds is 8. The van der Waals surface area contributed by atoms with Crippen LogP contribution in [0.2, 0.25) is 10.0 Å². The van der Waals surface area contributed by atoms with Gasteiger partial charge in [0.1, 0.15) is 0 Å². The lowest BCUT2D eigenvalue weighted by Crippen LogP contribution is -2.60. The van der Waals surface area contributed by atoms with Gasteiger partial charge in [-0.05, 0) is 49.6 Å². The molecule has 234 valence electrons. The number of anilines is 1. The van der Waals surface area contributed by atoms with Crippen molar-refractivity contribution in [1.82, 2.24) is 10.2 Å². The van der Waals surface area contributed by atoms with Gasteiger partial charge in [0.15, 0.2) is 0 Å². The number of aliphatic carboxylic acids is 1. The molecule has 0 radical (unpaired) electrons. The number of hydrogen-bond donors (Lipinski definition) is 2. The summed E-state index contributed by atoms with van der Waals surface area (Å²) in [6, 6.07) is 12.5. The molecular weight excluding hydrogens is 585 g/mol. The number of halogens is 2. The lowest BCUT2D eigenvalue weighted by molar-refractivity contribution is -0.141. The number of carboxylic acids is 1. The van der Waals surface area contributed by atoms with Gasteiger partial charge < -0.3 is 15.3 Å². The minimum Gasteiger partial charge on any atom is -0.481 e. The molecule has 2 fully saturated rings. The average molecular weight is 631 g/mol. The summed E-state index contributed by atoms with van der Waals surface area (Å²) in [5, 5.41) is 14.3. The Labute approximate surface area is 265 Å². The molecule has 1 aliphatic heterocycles. The first-order valence-corrected chi connectivity index (χ1v) is 16.5. The number of carboxylic acid groups (broad SMARTS) is 1. The standard InChI is InChI=1S/C34H45Cl2N3O4/c1-25-13-17-29(18-14-25)39-24-34(21-32(41)42,23-38(33(39)43)22-26-15-16-27(35)19-30(26)36)20-31(40)37-28-11-9-7-5-3-2-4-6-8-10-12-28/h13-19,28H,2-12,20-24H2,1H3,(H,37,40)(H,41,42). The lowest BCUT2D eigenvalue weighted by Gasteiger charge is -2.47. The van der Waals surface area contributed by atoms with Crippen LogP contribution in [-0.4, -0.2) is 47.0 Å². The number of amides is 3. The van der Waals surface area contributed by atoms with Gasteiger partial charge in [0.25, 0.3) is 0 Å². The number of hydrogen-bond acceptors (Lipinski definition) is 3. The van der Waals surface area contributed by atoms with Crippen molar-refractivity contribution in [1.29, 1.82) is 0 Å². The largest absolute Gasteiger partial charge is 0.481 e. The number of benzene rings is 2. The Hall–Kier alpha value is -2.77. The van der Waals surface area contributed by atoms with E-state index in [1.807, 2.05) is 31.2 Å². The minimum atomic E-state index is -1.00. The second-order valence-corrected chi connectivity index (χ2v) is 13.4. The molecule has 2 aromatic carbocycles. The van der Waals surface area contributed by atoms with E-state index in [0.717, 1.165) is 31.2 Å². The van der Waals surface area contributed by atoms with Gasteiger partial charge in [-0.3, -0.25) is 14.5 Å². The van der Waals surface area contributed by atoms with E-state index in [-0.39, 0.29) is 50.5 Å². The fourth-order valence-corrected chi connectivity index (χ4v) is 7.00. The normalized spacial score (nSPS) is 21.1. The molecule has 3 amide bonds. The Bertz CT molecular complexity index is 1240. The number of carbonyl (C=O) groups is 3. The highest BCUT2D eigenvalue weighted by molar-refractivity contribution is 6.35. The summed E-state index contributed by atoms with van der Waals surface area (Å²) in [6.45, 7) is 2.39. The van der Waals surface area contributed by atoms with Crippen LogP contribution in [0.25, 0.3) is 0 Å². The fraction of sp³-hybridized carbons (Fsp3) is 0.559. The maximum Gasteiger partial charge on any atom is 0.324 e. The first-order valence-electron chi connectivity index (χ1n) is 15.7. The third-order valence-corrected chi connectivity index (χ3v) is 9.36. The third kappa shape index (κ3) is 9.87. The van der Waals surface area contributed by atoms with Crippen molar-refractivity contribution >= 4 is 46.8 Å². The van der Waals surface area contributed by atoms with Gasteiger partial charge in [-0.2, -0.15) is 0 Å². The molecule has 1 unspecified atom stereocenters. The second-order valence-electron chi connectivity index (χ2n) is 12.6. The van der Waals surface area contributed by atoms with Crippen LogP contribution in [0, 0.1) is 12.3 Å². The number of nitrogens with zero attached hydrogens (tertiary/aromatic N) is 2. The van der Waals surface area contributed by atoms with Crippen molar-refractivity contribution < 1.29 is 19.5 Å². The summed E-state index contributed by atoms with van der Waals surface area (Å²) in [7, 11) is 0. The molecule has 9 heteroatoms. The lowest BCUT2D eigenvalue weighted by atomic mass is 9.77. The predicted molar refractivity (Wildman–Crippen MR) is 173 cm³/mol. The Morgan fingerprint density at radius 2 is 1.49 bits per heavy atom. The summed E-state index contributed by atoms with van der Waals surface area (Å²) < 4.78 is 0. The van der Waals surface area contributed by atoms with Gasteiger partial charge in [0, 0.05) is 53.2 Å². The van der Waals surface area contributed by atoms with Crippen molar-refractivity contribution in [3.63, 3.8) is 0 Å². The Morgan fingerprint density at radius 3 is 2.07 bits per heavy atom. The summed E-state index contributed by atoms with van der Waals surface area (Å²) in [4.78, 5) is 43.1. The van der Waals surface area contributed by atoms with Crippen molar-refractivity contribution in [2.75, 3.05) is 18.0 Å². The molecule has 1 heterocycles. The van der Waals surface area contributed by atoms with Crippen LogP contribution in [0.3, 0.4) is 0 Å². The van der Waals surface area contributed by atoms with Gasteiger partial charge in [0.05, 0.1) is 6.42 Å². The van der Waals surface area contributed by atoms with Gasteiger partial charge in [-0.1, -0.05) is 105 Å². The smallest absolute Gasteiger partial charge is 0.324 e. The molecule has 1 saturated heterocycles. The average Bonchev–Trinajstić information content (AvgIpc) is 2.93. The molecule has 0 aromatic heterocycles. The van der Waals surface area contributed by atoms with E-state index in [1.54, 1.807) is 28.0 Å². The van der Waals surface area contributed by atoms with E-state index < -0.39 is 11.4 Å². The van der Waals surface area contributed by atoms with E-state index in [4.69, 9.17) is 23.2 Å². The SMILES string of the molecule is Cc1ccc(N2CC(CC(=O)O)(CC(=O)NC3CCCCCCCCCCC3)CN(Cc3ccc(Cl)cc3Cl)C2=O)cc1. The molecule has 1 atom stereocenters. The third-order valence-electron chi connectivity index (χ3n) is 8.78. The van der Waals surface area contributed by atoms with Crippen LogP contribution in [0.5, 0.6) is 0 Å². The maximum absolute atomic E-state index is 13.9. The number of urea groups is 1. The topological polar surface area (TPSA) is 89.9 Å². The van der Waals surface area contributed by atoms with E-state index in [1.165, 1.54) is 44.9 Å². The fourth-order valence-electron chi connectivity index (χ4n) is 6.54. The highest BCUT2D eigenvalue weighted by Crippen LogP contribution is 2.38. The highest BCUT2D eigenvalue weighted by atomic mass is 35.5. The van der Waals surface area contributed by atoms with Gasteiger partial charge >= 0.3 is 12.0 Å². The number of nitrogens with one attached hydrogen (secondary N) is 1. The van der Waals surface area contributed by atoms with Crippen molar-refractivity contribution in [2.24, 2.45) is 5.41 Å². The zero-order chi connectivity index (χ0) is 30.8. The van der Waals surface area contributed by atoms with E-state index in [9.17, 15) is 19.5 Å². The summed E-state index contributed by atoms with van der Waals surface area (Å²) >= 11 is 12.6. The van der Waals surface area contributed by atoms with E-state index >= 15 is 0 Å². The van der Waals surface area contributed by atoms with E-state index in [2.05, 4.69) is 5.32 Å². The second kappa shape index (κ2) is 15.8. The summed E-state index contributed by atoms with van der Waals surface area (Å²) in [6.07, 6.45) is 12.5. The highest BCUT2D eigenvalue weighted by Gasteiger charge is 2.46. The Kier molecular flexibility index (Phi) is 12.2. The number of carbonyl (C=O) groups excluding carboxylic acids is 2. The van der Waals surface area contributed by atoms with Crippen LogP contribution >= 0.6 is 23.2 Å². The summed E-state index contributed by atoms with van der Waals surface area (Å²) in [5.74, 6) is -1.15. The molecule has 0 bridgehead atoms. The van der Waals surface area contributed by atoms with Crippen LogP contribution in [0.1, 0.15) is 94.6 Å². The molecule has 2 aliphatic rings. The minimum absolute atomic E-state index is 0.0102. The van der Waals surface area contributed by atoms with Gasteiger partial charge in [-0.15, -0.1) is 0 Å². The zero-order valence-electron chi connectivity index (χ0n) is 25.3. The molecule has 4 rings (SSSR count). The molecule has 1 saturated carbocycles. The predicted octanol–water partition coefficient (Wildman–Crippen LogP) is 8.38. The quantitative estimate of drug-likeness (QED) is 0.307. The molecule has 2 N–H and O–H groups in total. The van der Waals surface area contributed by atoms with Crippen molar-refractivity contribution in [2.45, 2.75) is 103 Å². The van der Waals surface area contributed by atoms with Crippen LogP contribution in [-0.2, 0) is 16.1 Å². The zero-order valence-corrected chi connectivity index (χ0v) is 26.8.